The van der Waals surface area contributed by atoms with Crippen LogP contribution in [0.25, 0.3) is 0 Å². The van der Waals surface area contributed by atoms with Gasteiger partial charge in [0.25, 0.3) is 11.8 Å². The maximum absolute atomic E-state index is 13.3. The molecule has 1 aliphatic rings. The number of hydrogen-bond acceptors (Lipinski definition) is 6. The number of aryl methyl sites for hydroxylation is 1. The molecule has 7 nitrogen and oxygen atoms in total. The molecule has 1 fully saturated rings. The third-order valence-corrected chi connectivity index (χ3v) is 4.64. The predicted molar refractivity (Wildman–Crippen MR) is 91.2 cm³/mol. The van der Waals surface area contributed by atoms with Gasteiger partial charge in [0.1, 0.15) is 11.5 Å². The molecule has 0 aliphatic carbocycles. The monoisotopic (exact) mass is 364 g/mol. The second-order valence-electron chi connectivity index (χ2n) is 5.48. The van der Waals surface area contributed by atoms with Gasteiger partial charge in [-0.25, -0.2) is 9.37 Å². The highest BCUT2D eigenvalue weighted by molar-refractivity contribution is 7.13. The lowest BCUT2D eigenvalue weighted by Gasteiger charge is -2.25. The maximum atomic E-state index is 13.3. The molecule has 0 spiro atoms. The summed E-state index contributed by atoms with van der Waals surface area (Å²) in [6.45, 7) is 4.40. The van der Waals surface area contributed by atoms with Crippen LogP contribution in [0.1, 0.15) is 26.4 Å². The minimum Gasteiger partial charge on any atom is -0.378 e. The number of carbonyl (C=O) groups excluding carboxylic acids is 2. The second-order valence-corrected chi connectivity index (χ2v) is 6.32. The molecule has 1 aromatic carbocycles. The van der Waals surface area contributed by atoms with Gasteiger partial charge in [-0.2, -0.15) is 0 Å². The Bertz CT molecular complexity index is 789. The zero-order valence-electron chi connectivity index (χ0n) is 13.5. The highest BCUT2D eigenvalue weighted by Crippen LogP contribution is 2.21. The first-order valence-corrected chi connectivity index (χ1v) is 8.57. The van der Waals surface area contributed by atoms with E-state index in [2.05, 4.69) is 15.8 Å². The molecule has 2 heterocycles. The van der Waals surface area contributed by atoms with E-state index in [4.69, 9.17) is 4.74 Å². The minimum atomic E-state index is -0.589. The smallest absolute Gasteiger partial charge is 0.289 e. The minimum absolute atomic E-state index is 0.160. The summed E-state index contributed by atoms with van der Waals surface area (Å²) >= 11 is 1.36. The summed E-state index contributed by atoms with van der Waals surface area (Å²) in [4.78, 5) is 30.5. The Labute approximate surface area is 147 Å². The van der Waals surface area contributed by atoms with Crippen molar-refractivity contribution >= 4 is 28.3 Å². The summed E-state index contributed by atoms with van der Waals surface area (Å²) in [5, 5.41) is 2.36. The Hall–Kier alpha value is -2.52. The number of thiazole rings is 1. The van der Waals surface area contributed by atoms with Crippen LogP contribution < -0.4 is 15.8 Å². The van der Waals surface area contributed by atoms with Crippen molar-refractivity contribution in [2.24, 2.45) is 0 Å². The molecule has 2 aromatic rings. The molecule has 132 valence electrons. The van der Waals surface area contributed by atoms with E-state index in [1.165, 1.54) is 23.5 Å². The number of ether oxygens (including phenoxy) is 1. The molecule has 1 aromatic heterocycles. The highest BCUT2D eigenvalue weighted by Gasteiger charge is 2.18. The van der Waals surface area contributed by atoms with Gasteiger partial charge in [0.05, 0.1) is 13.2 Å². The quantitative estimate of drug-likeness (QED) is 0.807. The normalized spacial score (nSPS) is 14.2. The molecule has 1 aliphatic heterocycles. The lowest BCUT2D eigenvalue weighted by Crippen LogP contribution is -2.42. The van der Waals surface area contributed by atoms with Crippen LogP contribution in [0.3, 0.4) is 0 Å². The van der Waals surface area contributed by atoms with Gasteiger partial charge in [-0.1, -0.05) is 6.07 Å². The molecule has 0 bridgehead atoms. The topological polar surface area (TPSA) is 83.6 Å². The number of nitrogens with one attached hydrogen (secondary N) is 2. The fraction of sp³-hybridized carbons (Fsp3) is 0.312. The van der Waals surface area contributed by atoms with E-state index in [0.29, 0.717) is 18.8 Å². The predicted octanol–water partition coefficient (Wildman–Crippen LogP) is 1.50. The average molecular weight is 364 g/mol. The zero-order valence-corrected chi connectivity index (χ0v) is 14.4. The Morgan fingerprint density at radius 3 is 2.72 bits per heavy atom. The number of amides is 2. The number of hydrogen-bond donors (Lipinski definition) is 2. The number of halogens is 1. The van der Waals surface area contributed by atoms with Gasteiger partial charge in [-0.3, -0.25) is 20.4 Å². The first kappa shape index (κ1) is 17.3. The standard InChI is InChI=1S/C16H17FN4O3S/c1-10-2-3-11(17)8-12(10)14(22)19-20-15(23)13-9-25-16(18-13)21-4-6-24-7-5-21/h2-3,8-9H,4-7H2,1H3,(H,19,22)(H,20,23). The SMILES string of the molecule is Cc1ccc(F)cc1C(=O)NNC(=O)c1csc(N2CCOCC2)n1. The van der Waals surface area contributed by atoms with Crippen LogP contribution in [0, 0.1) is 12.7 Å². The van der Waals surface area contributed by atoms with Crippen molar-refractivity contribution in [2.45, 2.75) is 6.92 Å². The largest absolute Gasteiger partial charge is 0.378 e. The molecule has 2 amide bonds. The number of aromatic nitrogens is 1. The van der Waals surface area contributed by atoms with Crippen LogP contribution in [0.4, 0.5) is 9.52 Å². The fourth-order valence-corrected chi connectivity index (χ4v) is 3.21. The number of hydrazine groups is 1. The Kier molecular flexibility index (Phi) is 5.25. The van der Waals surface area contributed by atoms with Gasteiger partial charge in [-0.15, -0.1) is 11.3 Å². The molecule has 0 unspecified atom stereocenters. The third-order valence-electron chi connectivity index (χ3n) is 3.74. The summed E-state index contributed by atoms with van der Waals surface area (Å²) < 4.78 is 18.5. The van der Waals surface area contributed by atoms with Crippen LogP contribution in [-0.4, -0.2) is 43.1 Å². The summed E-state index contributed by atoms with van der Waals surface area (Å²) in [5.74, 6) is -1.64. The Morgan fingerprint density at radius 1 is 1.24 bits per heavy atom. The third kappa shape index (κ3) is 4.12. The van der Waals surface area contributed by atoms with Crippen molar-refractivity contribution in [3.63, 3.8) is 0 Å². The summed E-state index contributed by atoms with van der Waals surface area (Å²) in [6.07, 6.45) is 0. The summed E-state index contributed by atoms with van der Waals surface area (Å²) in [6, 6.07) is 3.89. The van der Waals surface area contributed by atoms with Gasteiger partial charge < -0.3 is 9.64 Å². The van der Waals surface area contributed by atoms with E-state index in [1.54, 1.807) is 12.3 Å². The lowest BCUT2D eigenvalue weighted by atomic mass is 10.1. The molecule has 0 radical (unpaired) electrons. The van der Waals surface area contributed by atoms with Crippen molar-refractivity contribution in [1.29, 1.82) is 0 Å². The molecule has 2 N–H and O–H groups in total. The summed E-state index contributed by atoms with van der Waals surface area (Å²) in [7, 11) is 0. The van der Waals surface area contributed by atoms with Crippen LogP contribution in [0.5, 0.6) is 0 Å². The highest BCUT2D eigenvalue weighted by atomic mass is 32.1. The molecular formula is C16H17FN4O3S. The van der Waals surface area contributed by atoms with Gasteiger partial charge >= 0.3 is 0 Å². The Balaban J connectivity index is 1.60. The van der Waals surface area contributed by atoms with E-state index < -0.39 is 17.6 Å². The molecule has 0 saturated carbocycles. The van der Waals surface area contributed by atoms with Gasteiger partial charge in [0, 0.05) is 24.0 Å². The van der Waals surface area contributed by atoms with E-state index in [1.807, 2.05) is 4.90 Å². The van der Waals surface area contributed by atoms with E-state index in [0.717, 1.165) is 24.3 Å². The number of rotatable bonds is 3. The molecule has 3 rings (SSSR count). The van der Waals surface area contributed by atoms with Crippen molar-refractivity contribution in [3.05, 3.63) is 46.2 Å². The molecule has 25 heavy (non-hydrogen) atoms. The first-order chi connectivity index (χ1) is 12.0. The van der Waals surface area contributed by atoms with Crippen LogP contribution in [0.15, 0.2) is 23.6 Å². The summed E-state index contributed by atoms with van der Waals surface area (Å²) in [5.41, 5.74) is 5.56. The lowest BCUT2D eigenvalue weighted by molar-refractivity contribution is 0.0843. The van der Waals surface area contributed by atoms with Crippen molar-refractivity contribution in [3.8, 4) is 0 Å². The zero-order chi connectivity index (χ0) is 17.8. The molecule has 9 heteroatoms. The van der Waals surface area contributed by atoms with Gasteiger partial charge in [-0.05, 0) is 24.6 Å². The molecular weight excluding hydrogens is 347 g/mol. The van der Waals surface area contributed by atoms with E-state index in [-0.39, 0.29) is 11.3 Å². The first-order valence-electron chi connectivity index (χ1n) is 7.69. The van der Waals surface area contributed by atoms with Crippen LogP contribution >= 0.6 is 11.3 Å². The molecule has 1 saturated heterocycles. The fourth-order valence-electron chi connectivity index (χ4n) is 2.35. The number of benzene rings is 1. The number of nitrogens with zero attached hydrogens (tertiary/aromatic N) is 2. The van der Waals surface area contributed by atoms with Crippen LogP contribution in [0.2, 0.25) is 0 Å². The second kappa shape index (κ2) is 7.58. The van der Waals surface area contributed by atoms with E-state index in [9.17, 15) is 14.0 Å². The number of anilines is 1. The van der Waals surface area contributed by atoms with Crippen LogP contribution in [-0.2, 0) is 4.74 Å². The van der Waals surface area contributed by atoms with E-state index >= 15 is 0 Å². The van der Waals surface area contributed by atoms with Crippen molar-refractivity contribution in [1.82, 2.24) is 15.8 Å². The maximum Gasteiger partial charge on any atom is 0.289 e. The average Bonchev–Trinajstić information content (AvgIpc) is 3.12. The number of morpholine rings is 1. The molecule has 0 atom stereocenters. The Morgan fingerprint density at radius 2 is 1.96 bits per heavy atom. The van der Waals surface area contributed by atoms with Gasteiger partial charge in [0.2, 0.25) is 0 Å². The van der Waals surface area contributed by atoms with Crippen molar-refractivity contribution in [2.75, 3.05) is 31.2 Å². The van der Waals surface area contributed by atoms with Crippen molar-refractivity contribution < 1.29 is 18.7 Å². The number of carbonyl (C=O) groups is 2. The van der Waals surface area contributed by atoms with Gasteiger partial charge in [0.15, 0.2) is 5.13 Å².